The minimum atomic E-state index is -0.101. The first-order valence-electron chi connectivity index (χ1n) is 9.28. The average molecular weight is 346 g/mol. The van der Waals surface area contributed by atoms with E-state index in [1.807, 2.05) is 19.1 Å². The summed E-state index contributed by atoms with van der Waals surface area (Å²) in [5.41, 5.74) is 0.887. The number of amides is 2. The van der Waals surface area contributed by atoms with Crippen LogP contribution >= 0.6 is 0 Å². The van der Waals surface area contributed by atoms with Gasteiger partial charge in [-0.15, -0.1) is 0 Å². The van der Waals surface area contributed by atoms with Crippen LogP contribution in [0.25, 0.3) is 0 Å². The summed E-state index contributed by atoms with van der Waals surface area (Å²) in [5.74, 6) is 1.40. The summed E-state index contributed by atoms with van der Waals surface area (Å²) in [6.07, 6.45) is 4.82. The van der Waals surface area contributed by atoms with Gasteiger partial charge in [0.05, 0.1) is 0 Å². The van der Waals surface area contributed by atoms with E-state index in [1.54, 1.807) is 17.0 Å². The smallest absolute Gasteiger partial charge is 0.258 e. The van der Waals surface area contributed by atoms with E-state index in [0.29, 0.717) is 18.1 Å². The largest absolute Gasteiger partial charge is 0.484 e. The van der Waals surface area contributed by atoms with Crippen LogP contribution in [0, 0.1) is 5.92 Å². The summed E-state index contributed by atoms with van der Waals surface area (Å²) >= 11 is 0. The van der Waals surface area contributed by atoms with Crippen LogP contribution < -0.4 is 15.0 Å². The second-order valence-corrected chi connectivity index (χ2v) is 7.22. The quantitative estimate of drug-likeness (QED) is 0.744. The van der Waals surface area contributed by atoms with Crippen LogP contribution in [0.2, 0.25) is 0 Å². The minimum absolute atomic E-state index is 0.0104. The van der Waals surface area contributed by atoms with Gasteiger partial charge in [0.15, 0.2) is 6.61 Å². The Labute approximate surface area is 150 Å². The molecule has 138 valence electrons. The van der Waals surface area contributed by atoms with Crippen molar-refractivity contribution in [3.63, 3.8) is 0 Å². The van der Waals surface area contributed by atoms with Gasteiger partial charge in [-0.25, -0.2) is 0 Å². The monoisotopic (exact) mass is 346 g/mol. The molecule has 1 atom stereocenters. The Balaban J connectivity index is 1.71. The Kier molecular flexibility index (Phi) is 7.29. The van der Waals surface area contributed by atoms with Gasteiger partial charge in [-0.2, -0.15) is 0 Å². The highest BCUT2D eigenvalue weighted by Crippen LogP contribution is 2.23. The predicted molar refractivity (Wildman–Crippen MR) is 99.8 cm³/mol. The standard InChI is InChI=1S/C20H30N2O3/c1-15(2)6-4-7-16(3)21-19(23)14-25-18-11-9-17(10-12-18)22-13-5-8-20(22)24/h9-12,15-16H,4-8,13-14H2,1-3H3,(H,21,23)/t16-/m1/s1. The van der Waals surface area contributed by atoms with E-state index in [-0.39, 0.29) is 24.5 Å². The molecule has 2 rings (SSSR count). The first-order chi connectivity index (χ1) is 12.0. The Hall–Kier alpha value is -2.04. The van der Waals surface area contributed by atoms with Crippen molar-refractivity contribution < 1.29 is 14.3 Å². The molecule has 0 bridgehead atoms. The molecule has 0 radical (unpaired) electrons. The maximum Gasteiger partial charge on any atom is 0.258 e. The summed E-state index contributed by atoms with van der Waals surface area (Å²) in [5, 5.41) is 2.97. The molecule has 25 heavy (non-hydrogen) atoms. The molecule has 1 fully saturated rings. The number of benzene rings is 1. The van der Waals surface area contributed by atoms with E-state index < -0.39 is 0 Å². The van der Waals surface area contributed by atoms with Crippen molar-refractivity contribution in [2.24, 2.45) is 5.92 Å². The van der Waals surface area contributed by atoms with E-state index in [0.717, 1.165) is 31.5 Å². The van der Waals surface area contributed by atoms with Crippen molar-refractivity contribution in [2.75, 3.05) is 18.1 Å². The Morgan fingerprint density at radius 3 is 2.52 bits per heavy atom. The molecule has 1 saturated heterocycles. The lowest BCUT2D eigenvalue weighted by Gasteiger charge is -2.17. The summed E-state index contributed by atoms with van der Waals surface area (Å²) < 4.78 is 5.54. The molecule has 1 aliphatic heterocycles. The highest BCUT2D eigenvalue weighted by atomic mass is 16.5. The lowest BCUT2D eigenvalue weighted by atomic mass is 10.0. The van der Waals surface area contributed by atoms with E-state index in [1.165, 1.54) is 6.42 Å². The van der Waals surface area contributed by atoms with Crippen LogP contribution in [0.15, 0.2) is 24.3 Å². The van der Waals surface area contributed by atoms with Crippen LogP contribution in [-0.4, -0.2) is 31.0 Å². The van der Waals surface area contributed by atoms with Crippen molar-refractivity contribution in [3.8, 4) is 5.75 Å². The molecule has 0 aliphatic carbocycles. The Morgan fingerprint density at radius 1 is 1.20 bits per heavy atom. The van der Waals surface area contributed by atoms with Gasteiger partial charge < -0.3 is 15.0 Å². The molecule has 1 aromatic carbocycles. The van der Waals surface area contributed by atoms with Gasteiger partial charge >= 0.3 is 0 Å². The van der Waals surface area contributed by atoms with E-state index in [2.05, 4.69) is 19.2 Å². The summed E-state index contributed by atoms with van der Waals surface area (Å²) in [6.45, 7) is 7.23. The lowest BCUT2D eigenvalue weighted by Crippen LogP contribution is -2.36. The number of nitrogens with one attached hydrogen (secondary N) is 1. The summed E-state index contributed by atoms with van der Waals surface area (Å²) in [7, 11) is 0. The van der Waals surface area contributed by atoms with Crippen LogP contribution in [0.5, 0.6) is 5.75 Å². The average Bonchev–Trinajstić information content (AvgIpc) is 2.99. The third-order valence-electron chi connectivity index (χ3n) is 4.42. The maximum atomic E-state index is 12.0. The number of carbonyl (C=O) groups excluding carboxylic acids is 2. The molecular weight excluding hydrogens is 316 g/mol. The highest BCUT2D eigenvalue weighted by Gasteiger charge is 2.21. The van der Waals surface area contributed by atoms with Crippen molar-refractivity contribution >= 4 is 17.5 Å². The van der Waals surface area contributed by atoms with Crippen LogP contribution in [-0.2, 0) is 9.59 Å². The second kappa shape index (κ2) is 9.44. The van der Waals surface area contributed by atoms with Gasteiger partial charge in [-0.1, -0.05) is 26.7 Å². The van der Waals surface area contributed by atoms with Crippen molar-refractivity contribution in [3.05, 3.63) is 24.3 Å². The normalized spacial score (nSPS) is 15.5. The molecule has 1 aromatic rings. The zero-order valence-electron chi connectivity index (χ0n) is 15.6. The minimum Gasteiger partial charge on any atom is -0.484 e. The third-order valence-corrected chi connectivity index (χ3v) is 4.42. The van der Waals surface area contributed by atoms with Crippen LogP contribution in [0.4, 0.5) is 5.69 Å². The Morgan fingerprint density at radius 2 is 1.92 bits per heavy atom. The zero-order valence-corrected chi connectivity index (χ0v) is 15.6. The van der Waals surface area contributed by atoms with Crippen molar-refractivity contribution in [1.82, 2.24) is 5.32 Å². The predicted octanol–water partition coefficient (Wildman–Crippen LogP) is 3.52. The number of rotatable bonds is 9. The fraction of sp³-hybridized carbons (Fsp3) is 0.600. The molecule has 5 heteroatoms. The SMILES string of the molecule is CC(C)CCC[C@@H](C)NC(=O)COc1ccc(N2CCCC2=O)cc1. The van der Waals surface area contributed by atoms with E-state index in [4.69, 9.17) is 4.74 Å². The number of hydrogen-bond donors (Lipinski definition) is 1. The Bertz CT molecular complexity index is 569. The third kappa shape index (κ3) is 6.40. The number of anilines is 1. The number of ether oxygens (including phenoxy) is 1. The zero-order chi connectivity index (χ0) is 18.2. The van der Waals surface area contributed by atoms with Crippen molar-refractivity contribution in [1.29, 1.82) is 0 Å². The molecule has 0 aromatic heterocycles. The molecule has 1 aliphatic rings. The second-order valence-electron chi connectivity index (χ2n) is 7.22. The highest BCUT2D eigenvalue weighted by molar-refractivity contribution is 5.95. The van der Waals surface area contributed by atoms with Gasteiger partial charge in [-0.3, -0.25) is 9.59 Å². The van der Waals surface area contributed by atoms with Gasteiger partial charge in [0.1, 0.15) is 5.75 Å². The summed E-state index contributed by atoms with van der Waals surface area (Å²) in [4.78, 5) is 25.5. The molecule has 0 unspecified atom stereocenters. The van der Waals surface area contributed by atoms with E-state index in [9.17, 15) is 9.59 Å². The number of carbonyl (C=O) groups is 2. The molecule has 0 saturated carbocycles. The number of nitrogens with zero attached hydrogens (tertiary/aromatic N) is 1. The van der Waals surface area contributed by atoms with Gasteiger partial charge in [0.2, 0.25) is 5.91 Å². The maximum absolute atomic E-state index is 12.0. The molecule has 2 amide bonds. The fourth-order valence-electron chi connectivity index (χ4n) is 3.01. The van der Waals surface area contributed by atoms with E-state index >= 15 is 0 Å². The number of hydrogen-bond acceptors (Lipinski definition) is 3. The first-order valence-corrected chi connectivity index (χ1v) is 9.28. The van der Waals surface area contributed by atoms with Gasteiger partial charge in [-0.05, 0) is 49.9 Å². The first kappa shape index (κ1) is 19.3. The molecule has 1 heterocycles. The molecule has 1 N–H and O–H groups in total. The van der Waals surface area contributed by atoms with Gasteiger partial charge in [0, 0.05) is 24.7 Å². The van der Waals surface area contributed by atoms with Gasteiger partial charge in [0.25, 0.3) is 5.91 Å². The topological polar surface area (TPSA) is 58.6 Å². The van der Waals surface area contributed by atoms with Crippen LogP contribution in [0.1, 0.15) is 52.9 Å². The lowest BCUT2D eigenvalue weighted by molar-refractivity contribution is -0.123. The molecule has 5 nitrogen and oxygen atoms in total. The molecular formula is C20H30N2O3. The summed E-state index contributed by atoms with van der Waals surface area (Å²) in [6, 6.07) is 7.51. The molecule has 0 spiro atoms. The van der Waals surface area contributed by atoms with Crippen LogP contribution in [0.3, 0.4) is 0 Å². The fourth-order valence-corrected chi connectivity index (χ4v) is 3.01. The van der Waals surface area contributed by atoms with Crippen molar-refractivity contribution in [2.45, 2.75) is 58.9 Å².